The molecule has 0 aliphatic heterocycles. The number of rotatable bonds is 7. The molecule has 7 nitrogen and oxygen atoms in total. The van der Waals surface area contributed by atoms with E-state index in [0.29, 0.717) is 29.7 Å². The number of carbonyl (C=O) groups excluding carboxylic acids is 1. The Hall–Kier alpha value is -2.87. The standard InChI is InChI=1S/C19H25FN4O3/c1-4-21-18(23-12-19(3,26)16-9-8-13(2)27-16)22-11-17(25)24-15-7-5-6-14(20)10-15/h5-10,26H,4,11-12H2,1-3H3,(H,24,25)(H2,21,22,23). The van der Waals surface area contributed by atoms with Gasteiger partial charge in [-0.2, -0.15) is 0 Å². The van der Waals surface area contributed by atoms with Crippen LogP contribution in [0.25, 0.3) is 0 Å². The van der Waals surface area contributed by atoms with Gasteiger partial charge in [-0.15, -0.1) is 0 Å². The van der Waals surface area contributed by atoms with E-state index in [4.69, 9.17) is 4.42 Å². The van der Waals surface area contributed by atoms with E-state index in [1.54, 1.807) is 32.0 Å². The fourth-order valence-corrected chi connectivity index (χ4v) is 2.33. The van der Waals surface area contributed by atoms with E-state index in [2.05, 4.69) is 20.9 Å². The van der Waals surface area contributed by atoms with Gasteiger partial charge in [0.25, 0.3) is 0 Å². The van der Waals surface area contributed by atoms with Crippen LogP contribution < -0.4 is 16.0 Å². The van der Waals surface area contributed by atoms with Crippen LogP contribution in [-0.2, 0) is 10.4 Å². The highest BCUT2D eigenvalue weighted by molar-refractivity contribution is 5.94. The molecule has 146 valence electrons. The lowest BCUT2D eigenvalue weighted by atomic mass is 10.0. The Morgan fingerprint density at radius 3 is 2.70 bits per heavy atom. The molecule has 0 saturated carbocycles. The molecule has 0 fully saturated rings. The molecule has 0 saturated heterocycles. The normalized spacial score (nSPS) is 13.7. The number of aliphatic imine (C=N–C) groups is 1. The Labute approximate surface area is 157 Å². The van der Waals surface area contributed by atoms with Crippen molar-refractivity contribution in [2.75, 3.05) is 25.0 Å². The van der Waals surface area contributed by atoms with E-state index < -0.39 is 11.4 Å². The monoisotopic (exact) mass is 376 g/mol. The Bertz CT molecular complexity index is 802. The summed E-state index contributed by atoms with van der Waals surface area (Å²) in [4.78, 5) is 16.2. The highest BCUT2D eigenvalue weighted by atomic mass is 19.1. The smallest absolute Gasteiger partial charge is 0.246 e. The lowest BCUT2D eigenvalue weighted by Crippen LogP contribution is -2.44. The van der Waals surface area contributed by atoms with Gasteiger partial charge >= 0.3 is 0 Å². The number of halogens is 1. The zero-order valence-electron chi connectivity index (χ0n) is 15.7. The molecule has 1 atom stereocenters. The largest absolute Gasteiger partial charge is 0.463 e. The fraction of sp³-hybridized carbons (Fsp3) is 0.368. The van der Waals surface area contributed by atoms with Crippen LogP contribution in [0.4, 0.5) is 10.1 Å². The Kier molecular flexibility index (Phi) is 6.95. The maximum absolute atomic E-state index is 13.2. The minimum atomic E-state index is -1.24. The molecule has 8 heteroatoms. The van der Waals surface area contributed by atoms with E-state index in [0.717, 1.165) is 0 Å². The first-order chi connectivity index (χ1) is 12.8. The number of nitrogens with one attached hydrogen (secondary N) is 3. The van der Waals surface area contributed by atoms with Crippen LogP contribution in [0.15, 0.2) is 45.8 Å². The van der Waals surface area contributed by atoms with E-state index >= 15 is 0 Å². The number of anilines is 1. The molecular formula is C19H25FN4O3. The highest BCUT2D eigenvalue weighted by Crippen LogP contribution is 2.21. The summed E-state index contributed by atoms with van der Waals surface area (Å²) in [6, 6.07) is 9.13. The average molecular weight is 376 g/mol. The minimum Gasteiger partial charge on any atom is -0.463 e. The molecule has 0 radical (unpaired) electrons. The number of benzene rings is 1. The third kappa shape index (κ3) is 6.41. The molecule has 1 unspecified atom stereocenters. The van der Waals surface area contributed by atoms with Gasteiger partial charge in [0.05, 0.1) is 6.54 Å². The van der Waals surface area contributed by atoms with Crippen LogP contribution in [-0.4, -0.2) is 36.6 Å². The second-order valence-corrected chi connectivity index (χ2v) is 6.29. The van der Waals surface area contributed by atoms with Gasteiger partial charge in [0.1, 0.15) is 29.5 Å². The van der Waals surface area contributed by atoms with Gasteiger partial charge in [0, 0.05) is 12.2 Å². The molecule has 2 aromatic rings. The van der Waals surface area contributed by atoms with Gasteiger partial charge in [0.2, 0.25) is 5.91 Å². The molecule has 1 amide bonds. The lowest BCUT2D eigenvalue weighted by molar-refractivity contribution is -0.114. The van der Waals surface area contributed by atoms with Crippen LogP contribution in [0.2, 0.25) is 0 Å². The van der Waals surface area contributed by atoms with Crippen molar-refractivity contribution >= 4 is 17.6 Å². The van der Waals surface area contributed by atoms with Crippen LogP contribution in [0, 0.1) is 12.7 Å². The van der Waals surface area contributed by atoms with E-state index in [-0.39, 0.29) is 19.0 Å². The number of hydrogen-bond donors (Lipinski definition) is 4. The summed E-state index contributed by atoms with van der Waals surface area (Å²) in [6.45, 7) is 5.87. The number of hydrogen-bond acceptors (Lipinski definition) is 4. The van der Waals surface area contributed by atoms with Gasteiger partial charge < -0.3 is 25.5 Å². The molecule has 2 rings (SSSR count). The van der Waals surface area contributed by atoms with Crippen LogP contribution in [0.3, 0.4) is 0 Å². The first-order valence-corrected chi connectivity index (χ1v) is 8.67. The Morgan fingerprint density at radius 1 is 1.30 bits per heavy atom. The molecule has 27 heavy (non-hydrogen) atoms. The number of amides is 1. The topological polar surface area (TPSA) is 98.9 Å². The quantitative estimate of drug-likeness (QED) is 0.438. The third-order valence-corrected chi connectivity index (χ3v) is 3.70. The zero-order valence-corrected chi connectivity index (χ0v) is 15.7. The van der Waals surface area contributed by atoms with Crippen molar-refractivity contribution in [3.05, 3.63) is 53.7 Å². The third-order valence-electron chi connectivity index (χ3n) is 3.70. The summed E-state index contributed by atoms with van der Waals surface area (Å²) in [5.41, 5.74) is -0.877. The fourth-order valence-electron chi connectivity index (χ4n) is 2.33. The molecule has 0 aliphatic carbocycles. The van der Waals surface area contributed by atoms with Crippen molar-refractivity contribution in [3.63, 3.8) is 0 Å². The van der Waals surface area contributed by atoms with Gasteiger partial charge in [-0.05, 0) is 51.1 Å². The maximum atomic E-state index is 13.2. The van der Waals surface area contributed by atoms with Crippen molar-refractivity contribution in [2.45, 2.75) is 26.4 Å². The second kappa shape index (κ2) is 9.18. The molecule has 0 aliphatic rings. The summed E-state index contributed by atoms with van der Waals surface area (Å²) in [5.74, 6) is 0.704. The number of aliphatic hydroxyl groups is 1. The number of aryl methyl sites for hydroxylation is 1. The Balaban J connectivity index is 1.94. The zero-order chi connectivity index (χ0) is 19.9. The van der Waals surface area contributed by atoms with Gasteiger partial charge in [-0.25, -0.2) is 9.38 Å². The van der Waals surface area contributed by atoms with Gasteiger partial charge in [-0.3, -0.25) is 4.79 Å². The Morgan fingerprint density at radius 2 is 2.07 bits per heavy atom. The van der Waals surface area contributed by atoms with Crippen LogP contribution >= 0.6 is 0 Å². The number of carbonyl (C=O) groups is 1. The van der Waals surface area contributed by atoms with Crippen LogP contribution in [0.1, 0.15) is 25.4 Å². The summed E-state index contributed by atoms with van der Waals surface area (Å²) in [6.07, 6.45) is 0. The van der Waals surface area contributed by atoms with E-state index in [1.807, 2.05) is 6.92 Å². The predicted molar refractivity (Wildman–Crippen MR) is 102 cm³/mol. The molecule has 0 bridgehead atoms. The minimum absolute atomic E-state index is 0.136. The SMILES string of the molecule is CCNC(=NCC(=O)Nc1cccc(F)c1)NCC(C)(O)c1ccc(C)o1. The molecule has 0 spiro atoms. The first kappa shape index (κ1) is 20.4. The van der Waals surface area contributed by atoms with Crippen molar-refractivity contribution in [2.24, 2.45) is 4.99 Å². The molecule has 1 aromatic heterocycles. The number of furan rings is 1. The van der Waals surface area contributed by atoms with Gasteiger partial charge in [0.15, 0.2) is 5.96 Å². The number of guanidine groups is 1. The van der Waals surface area contributed by atoms with Crippen molar-refractivity contribution < 1.29 is 18.7 Å². The average Bonchev–Trinajstić information content (AvgIpc) is 3.05. The second-order valence-electron chi connectivity index (χ2n) is 6.29. The summed E-state index contributed by atoms with van der Waals surface area (Å²) >= 11 is 0. The maximum Gasteiger partial charge on any atom is 0.246 e. The van der Waals surface area contributed by atoms with Crippen molar-refractivity contribution in [1.82, 2.24) is 10.6 Å². The molecule has 1 aromatic carbocycles. The molecule has 4 N–H and O–H groups in total. The predicted octanol–water partition coefficient (Wildman–Crippen LogP) is 2.13. The molecule has 1 heterocycles. The van der Waals surface area contributed by atoms with Crippen molar-refractivity contribution in [1.29, 1.82) is 0 Å². The summed E-state index contributed by atoms with van der Waals surface area (Å²) < 4.78 is 18.6. The molecular weight excluding hydrogens is 351 g/mol. The van der Waals surface area contributed by atoms with Crippen LogP contribution in [0.5, 0.6) is 0 Å². The van der Waals surface area contributed by atoms with E-state index in [1.165, 1.54) is 18.2 Å². The number of nitrogens with zero attached hydrogens (tertiary/aromatic N) is 1. The van der Waals surface area contributed by atoms with Crippen molar-refractivity contribution in [3.8, 4) is 0 Å². The van der Waals surface area contributed by atoms with E-state index in [9.17, 15) is 14.3 Å². The highest BCUT2D eigenvalue weighted by Gasteiger charge is 2.27. The first-order valence-electron chi connectivity index (χ1n) is 8.67. The summed E-state index contributed by atoms with van der Waals surface area (Å²) in [7, 11) is 0. The lowest BCUT2D eigenvalue weighted by Gasteiger charge is -2.22. The summed E-state index contributed by atoms with van der Waals surface area (Å²) in [5, 5.41) is 19.1. The van der Waals surface area contributed by atoms with Gasteiger partial charge in [-0.1, -0.05) is 6.07 Å².